The van der Waals surface area contributed by atoms with E-state index in [9.17, 15) is 4.79 Å². The normalized spacial score (nSPS) is 11.5. The van der Waals surface area contributed by atoms with Crippen LogP contribution in [0.5, 0.6) is 11.5 Å². The van der Waals surface area contributed by atoms with Crippen LogP contribution >= 0.6 is 0 Å². The zero-order chi connectivity index (χ0) is 25.9. The molecule has 4 aromatic carbocycles. The Morgan fingerprint density at radius 1 is 0.676 bits per heavy atom. The number of benzene rings is 4. The predicted octanol–water partition coefficient (Wildman–Crippen LogP) is 7.88. The molecule has 37 heavy (non-hydrogen) atoms. The summed E-state index contributed by atoms with van der Waals surface area (Å²) in [6.07, 6.45) is 1.46. The summed E-state index contributed by atoms with van der Waals surface area (Å²) >= 11 is 0. The van der Waals surface area contributed by atoms with Crippen LogP contribution in [0.4, 0.5) is 0 Å². The topological polar surface area (TPSA) is 55.8 Å². The Morgan fingerprint density at radius 2 is 1.22 bits per heavy atom. The van der Waals surface area contributed by atoms with Crippen LogP contribution in [0.2, 0.25) is 0 Å². The highest BCUT2D eigenvalue weighted by molar-refractivity contribution is 5.98. The summed E-state index contributed by atoms with van der Waals surface area (Å²) in [5.74, 6) is 0.754. The van der Waals surface area contributed by atoms with Crippen molar-refractivity contribution in [1.29, 1.82) is 0 Å². The first-order chi connectivity index (χ1) is 18.1. The van der Waals surface area contributed by atoms with Gasteiger partial charge in [0, 0.05) is 6.42 Å². The van der Waals surface area contributed by atoms with E-state index in [0.29, 0.717) is 19.6 Å². The van der Waals surface area contributed by atoms with E-state index in [1.54, 1.807) is 0 Å². The molecule has 0 bridgehead atoms. The second-order valence-electron chi connectivity index (χ2n) is 8.74. The van der Waals surface area contributed by atoms with E-state index in [4.69, 9.17) is 14.6 Å². The van der Waals surface area contributed by atoms with Gasteiger partial charge in [-0.25, -0.2) is 0 Å². The van der Waals surface area contributed by atoms with Gasteiger partial charge in [-0.2, -0.15) is 0 Å². The van der Waals surface area contributed by atoms with E-state index in [0.717, 1.165) is 34.6 Å². The molecule has 4 rings (SSSR count). The summed E-state index contributed by atoms with van der Waals surface area (Å²) in [6.45, 7) is 3.09. The minimum absolute atomic E-state index is 0.104. The lowest BCUT2D eigenvalue weighted by Crippen LogP contribution is -2.02. The standard InChI is InChI=1S/C33H32O4/c1-2-31(26-12-7-4-8-13-26)33(27-15-19-29(20-16-27)36-23-9-14-32(34)35)28-17-21-30(22-18-28)37-24-25-10-5-3-6-11-25/h3-8,10-13,15-22H,2,9,14,23-24H2,1H3,(H,34,35)/b33-31-. The van der Waals surface area contributed by atoms with Gasteiger partial charge in [0.1, 0.15) is 18.1 Å². The first-order valence-electron chi connectivity index (χ1n) is 12.6. The molecule has 0 atom stereocenters. The first kappa shape index (κ1) is 25.8. The first-order valence-corrected chi connectivity index (χ1v) is 12.6. The van der Waals surface area contributed by atoms with Crippen molar-refractivity contribution in [2.75, 3.05) is 6.61 Å². The molecule has 0 fully saturated rings. The molecule has 4 nitrogen and oxygen atoms in total. The lowest BCUT2D eigenvalue weighted by molar-refractivity contribution is -0.137. The second kappa shape index (κ2) is 13.1. The number of carboxylic acid groups (broad SMARTS) is 1. The van der Waals surface area contributed by atoms with Crippen LogP contribution in [0.1, 0.15) is 48.4 Å². The molecular formula is C33H32O4. The van der Waals surface area contributed by atoms with E-state index in [-0.39, 0.29) is 6.42 Å². The van der Waals surface area contributed by atoms with Gasteiger partial charge in [0.25, 0.3) is 0 Å². The van der Waals surface area contributed by atoms with E-state index >= 15 is 0 Å². The summed E-state index contributed by atoms with van der Waals surface area (Å²) in [4.78, 5) is 10.7. The maximum absolute atomic E-state index is 10.7. The Hall–Kier alpha value is -4.31. The molecule has 188 valence electrons. The van der Waals surface area contributed by atoms with Gasteiger partial charge in [-0.3, -0.25) is 4.79 Å². The Balaban J connectivity index is 1.60. The third-order valence-corrected chi connectivity index (χ3v) is 6.12. The number of rotatable bonds is 12. The predicted molar refractivity (Wildman–Crippen MR) is 149 cm³/mol. The van der Waals surface area contributed by atoms with Gasteiger partial charge >= 0.3 is 5.97 Å². The molecule has 0 heterocycles. The van der Waals surface area contributed by atoms with Crippen molar-refractivity contribution in [2.45, 2.75) is 32.8 Å². The van der Waals surface area contributed by atoms with Gasteiger partial charge in [0.2, 0.25) is 0 Å². The van der Waals surface area contributed by atoms with Gasteiger partial charge in [0.05, 0.1) is 6.61 Å². The maximum Gasteiger partial charge on any atom is 0.303 e. The van der Waals surface area contributed by atoms with Crippen molar-refractivity contribution >= 4 is 17.1 Å². The summed E-state index contributed by atoms with van der Waals surface area (Å²) in [5.41, 5.74) is 6.96. The summed E-state index contributed by atoms with van der Waals surface area (Å²) in [7, 11) is 0. The largest absolute Gasteiger partial charge is 0.494 e. The number of hydrogen-bond donors (Lipinski definition) is 1. The smallest absolute Gasteiger partial charge is 0.303 e. The van der Waals surface area contributed by atoms with Crippen molar-refractivity contribution < 1.29 is 19.4 Å². The highest BCUT2D eigenvalue weighted by Crippen LogP contribution is 2.35. The fraction of sp³-hybridized carbons (Fsp3) is 0.182. The van der Waals surface area contributed by atoms with Crippen LogP contribution in [0, 0.1) is 0 Å². The third kappa shape index (κ3) is 7.34. The molecule has 0 aliphatic carbocycles. The molecule has 0 aliphatic rings. The maximum atomic E-state index is 10.7. The average Bonchev–Trinajstić information content (AvgIpc) is 2.95. The van der Waals surface area contributed by atoms with Gasteiger partial charge in [-0.15, -0.1) is 0 Å². The molecule has 0 aliphatic heterocycles. The van der Waals surface area contributed by atoms with E-state index in [1.165, 1.54) is 16.7 Å². The molecular weight excluding hydrogens is 460 g/mol. The molecule has 1 N–H and O–H groups in total. The van der Waals surface area contributed by atoms with Gasteiger partial charge in [-0.05, 0) is 70.5 Å². The van der Waals surface area contributed by atoms with Crippen molar-refractivity contribution in [2.24, 2.45) is 0 Å². The number of carboxylic acids is 1. The summed E-state index contributed by atoms with van der Waals surface area (Å²) in [6, 6.07) is 36.9. The number of ether oxygens (including phenoxy) is 2. The molecule has 0 saturated heterocycles. The minimum atomic E-state index is -0.807. The van der Waals surface area contributed by atoms with Crippen LogP contribution in [-0.2, 0) is 11.4 Å². The van der Waals surface area contributed by atoms with Gasteiger partial charge in [0.15, 0.2) is 0 Å². The van der Waals surface area contributed by atoms with Crippen molar-refractivity contribution in [1.82, 2.24) is 0 Å². The minimum Gasteiger partial charge on any atom is -0.494 e. The lowest BCUT2D eigenvalue weighted by Gasteiger charge is -2.17. The lowest BCUT2D eigenvalue weighted by atomic mass is 9.88. The second-order valence-corrected chi connectivity index (χ2v) is 8.74. The fourth-order valence-electron chi connectivity index (χ4n) is 4.27. The Labute approximate surface area is 218 Å². The molecule has 0 spiro atoms. The SMILES string of the molecule is CC/C(=C(\c1ccc(OCCCC(=O)O)cc1)c1ccc(OCc2ccccc2)cc1)c1ccccc1. The van der Waals surface area contributed by atoms with Gasteiger partial charge in [-0.1, -0.05) is 91.9 Å². The van der Waals surface area contributed by atoms with Crippen LogP contribution in [0.25, 0.3) is 11.1 Å². The van der Waals surface area contributed by atoms with Crippen LogP contribution in [-0.4, -0.2) is 17.7 Å². The van der Waals surface area contributed by atoms with Crippen LogP contribution in [0.15, 0.2) is 109 Å². The zero-order valence-corrected chi connectivity index (χ0v) is 21.1. The molecule has 0 amide bonds. The monoisotopic (exact) mass is 492 g/mol. The molecule has 0 saturated carbocycles. The van der Waals surface area contributed by atoms with E-state index < -0.39 is 5.97 Å². The Kier molecular flexibility index (Phi) is 9.14. The number of hydrogen-bond acceptors (Lipinski definition) is 3. The quantitative estimate of drug-likeness (QED) is 0.161. The van der Waals surface area contributed by atoms with Crippen LogP contribution < -0.4 is 9.47 Å². The van der Waals surface area contributed by atoms with Crippen molar-refractivity contribution in [3.63, 3.8) is 0 Å². The average molecular weight is 493 g/mol. The summed E-state index contributed by atoms with van der Waals surface area (Å²) in [5, 5.41) is 8.82. The van der Waals surface area contributed by atoms with Gasteiger partial charge < -0.3 is 14.6 Å². The highest BCUT2D eigenvalue weighted by Gasteiger charge is 2.14. The Morgan fingerprint density at radius 3 is 1.76 bits per heavy atom. The third-order valence-electron chi connectivity index (χ3n) is 6.12. The molecule has 0 aromatic heterocycles. The molecule has 0 unspecified atom stereocenters. The van der Waals surface area contributed by atoms with E-state index in [1.807, 2.05) is 48.5 Å². The number of aliphatic carboxylic acids is 1. The van der Waals surface area contributed by atoms with Crippen LogP contribution in [0.3, 0.4) is 0 Å². The number of carbonyl (C=O) groups is 1. The molecule has 4 aromatic rings. The highest BCUT2D eigenvalue weighted by atomic mass is 16.5. The fourth-order valence-corrected chi connectivity index (χ4v) is 4.27. The molecule has 0 radical (unpaired) electrons. The summed E-state index contributed by atoms with van der Waals surface area (Å²) < 4.78 is 11.8. The molecule has 4 heteroatoms. The van der Waals surface area contributed by atoms with Crippen molar-refractivity contribution in [3.8, 4) is 11.5 Å². The zero-order valence-electron chi connectivity index (χ0n) is 21.1. The van der Waals surface area contributed by atoms with Crippen molar-refractivity contribution in [3.05, 3.63) is 131 Å². The Bertz CT molecular complexity index is 1290. The number of allylic oxidation sites excluding steroid dienone is 1. The van der Waals surface area contributed by atoms with E-state index in [2.05, 4.69) is 67.6 Å².